The highest BCUT2D eigenvalue weighted by atomic mass is 16.1. The third-order valence-electron chi connectivity index (χ3n) is 3.42. The summed E-state index contributed by atoms with van der Waals surface area (Å²) in [5, 5.41) is 1.15. The Morgan fingerprint density at radius 3 is 1.89 bits per heavy atom. The molecule has 0 radical (unpaired) electrons. The van der Waals surface area contributed by atoms with E-state index in [0.29, 0.717) is 0 Å². The predicted octanol–water partition coefficient (Wildman–Crippen LogP) is 4.12. The van der Waals surface area contributed by atoms with Gasteiger partial charge in [-0.2, -0.15) is 0 Å². The maximum atomic E-state index is 12.5. The Kier molecular flexibility index (Phi) is 3.08. The molecule has 0 amide bonds. The van der Waals surface area contributed by atoms with Gasteiger partial charge in [0.25, 0.3) is 5.56 Å². The molecule has 0 fully saturated rings. The fourth-order valence-electron chi connectivity index (χ4n) is 2.74. The standard InChI is InChI=1S/C17H23NO/c1-16(2,3)13-11-9-7-8-10-12(11)18-15(19)14(13)17(4,5)6/h7-10H,1-6H3,(H,18,19). The molecule has 1 aromatic carbocycles. The quantitative estimate of drug-likeness (QED) is 0.756. The molecule has 0 saturated carbocycles. The second kappa shape index (κ2) is 4.22. The fraction of sp³-hybridized carbons (Fsp3) is 0.471. The molecule has 0 aliphatic rings. The van der Waals surface area contributed by atoms with E-state index < -0.39 is 0 Å². The van der Waals surface area contributed by atoms with Crippen LogP contribution >= 0.6 is 0 Å². The maximum absolute atomic E-state index is 12.5. The van der Waals surface area contributed by atoms with Crippen molar-refractivity contribution in [3.63, 3.8) is 0 Å². The van der Waals surface area contributed by atoms with Crippen molar-refractivity contribution >= 4 is 10.9 Å². The summed E-state index contributed by atoms with van der Waals surface area (Å²) in [6.07, 6.45) is 0. The van der Waals surface area contributed by atoms with E-state index in [-0.39, 0.29) is 16.4 Å². The molecule has 19 heavy (non-hydrogen) atoms. The zero-order chi connectivity index (χ0) is 14.4. The first kappa shape index (κ1) is 13.9. The Bertz CT molecular complexity index is 666. The van der Waals surface area contributed by atoms with Gasteiger partial charge in [-0.05, 0) is 22.5 Å². The SMILES string of the molecule is CC(C)(C)c1c(C(C)(C)C)c2ccccc2[nH]c1=O. The average Bonchev–Trinajstić information content (AvgIpc) is 2.24. The topological polar surface area (TPSA) is 32.9 Å². The van der Waals surface area contributed by atoms with Crippen molar-refractivity contribution in [3.05, 3.63) is 45.7 Å². The predicted molar refractivity (Wildman–Crippen MR) is 82.0 cm³/mol. The summed E-state index contributed by atoms with van der Waals surface area (Å²) >= 11 is 0. The van der Waals surface area contributed by atoms with Crippen LogP contribution in [0.1, 0.15) is 52.7 Å². The number of para-hydroxylation sites is 1. The van der Waals surface area contributed by atoms with Crippen molar-refractivity contribution < 1.29 is 0 Å². The highest BCUT2D eigenvalue weighted by Crippen LogP contribution is 2.35. The first-order valence-corrected chi connectivity index (χ1v) is 6.78. The molecule has 0 atom stereocenters. The molecule has 1 heterocycles. The van der Waals surface area contributed by atoms with Gasteiger partial charge in [-0.3, -0.25) is 4.79 Å². The normalized spacial score (nSPS) is 12.9. The second-order valence-electron chi connectivity index (χ2n) is 7.25. The van der Waals surface area contributed by atoms with Crippen molar-refractivity contribution in [3.8, 4) is 0 Å². The Hall–Kier alpha value is -1.57. The smallest absolute Gasteiger partial charge is 0.252 e. The number of aromatic nitrogens is 1. The third-order valence-corrected chi connectivity index (χ3v) is 3.42. The van der Waals surface area contributed by atoms with Crippen LogP contribution in [0.5, 0.6) is 0 Å². The first-order valence-electron chi connectivity index (χ1n) is 6.78. The molecule has 2 aromatic rings. The molecular formula is C17H23NO. The van der Waals surface area contributed by atoms with Crippen LogP contribution < -0.4 is 5.56 Å². The van der Waals surface area contributed by atoms with Crippen LogP contribution in [0.15, 0.2) is 29.1 Å². The molecule has 1 N–H and O–H groups in total. The molecule has 0 saturated heterocycles. The van der Waals surface area contributed by atoms with Crippen LogP contribution in [-0.4, -0.2) is 4.98 Å². The Balaban J connectivity index is 3.04. The highest BCUT2D eigenvalue weighted by Gasteiger charge is 2.29. The first-order chi connectivity index (χ1) is 8.62. The van der Waals surface area contributed by atoms with E-state index in [4.69, 9.17) is 0 Å². The molecule has 0 unspecified atom stereocenters. The minimum Gasteiger partial charge on any atom is -0.322 e. The lowest BCUT2D eigenvalue weighted by Gasteiger charge is -2.30. The number of benzene rings is 1. The van der Waals surface area contributed by atoms with E-state index in [2.05, 4.69) is 52.6 Å². The van der Waals surface area contributed by atoms with Gasteiger partial charge in [-0.15, -0.1) is 0 Å². The number of aromatic amines is 1. The van der Waals surface area contributed by atoms with Gasteiger partial charge >= 0.3 is 0 Å². The van der Waals surface area contributed by atoms with Crippen molar-refractivity contribution in [1.29, 1.82) is 0 Å². The van der Waals surface area contributed by atoms with Gasteiger partial charge in [-0.25, -0.2) is 0 Å². The van der Waals surface area contributed by atoms with Crippen LogP contribution in [0.4, 0.5) is 0 Å². The summed E-state index contributed by atoms with van der Waals surface area (Å²) in [4.78, 5) is 15.5. The Morgan fingerprint density at radius 1 is 0.842 bits per heavy atom. The van der Waals surface area contributed by atoms with E-state index in [9.17, 15) is 4.79 Å². The van der Waals surface area contributed by atoms with Crippen LogP contribution in [0.3, 0.4) is 0 Å². The van der Waals surface area contributed by atoms with Gasteiger partial charge in [0.2, 0.25) is 0 Å². The van der Waals surface area contributed by atoms with Gasteiger partial charge < -0.3 is 4.98 Å². The molecule has 0 spiro atoms. The zero-order valence-corrected chi connectivity index (χ0v) is 12.7. The van der Waals surface area contributed by atoms with Crippen LogP contribution in [0.25, 0.3) is 10.9 Å². The summed E-state index contributed by atoms with van der Waals surface area (Å²) in [5.74, 6) is 0. The minimum atomic E-state index is -0.166. The minimum absolute atomic E-state index is 0.0381. The van der Waals surface area contributed by atoms with E-state index in [1.807, 2.05) is 18.2 Å². The van der Waals surface area contributed by atoms with Gasteiger partial charge in [0.1, 0.15) is 0 Å². The van der Waals surface area contributed by atoms with Gasteiger partial charge in [0, 0.05) is 16.5 Å². The van der Waals surface area contributed by atoms with Crippen LogP contribution in [0.2, 0.25) is 0 Å². The molecule has 0 bridgehead atoms. The lowest BCUT2D eigenvalue weighted by molar-refractivity contribution is 0.528. The lowest BCUT2D eigenvalue weighted by Crippen LogP contribution is -2.31. The van der Waals surface area contributed by atoms with E-state index in [1.54, 1.807) is 0 Å². The number of H-pyrrole nitrogens is 1. The van der Waals surface area contributed by atoms with Crippen LogP contribution in [0, 0.1) is 0 Å². The van der Waals surface area contributed by atoms with Crippen molar-refractivity contribution in [2.45, 2.75) is 52.4 Å². The number of fused-ring (bicyclic) bond motifs is 1. The molecule has 2 nitrogen and oxygen atoms in total. The third kappa shape index (κ3) is 2.44. The van der Waals surface area contributed by atoms with Gasteiger partial charge in [0.05, 0.1) is 0 Å². The summed E-state index contributed by atoms with van der Waals surface area (Å²) < 4.78 is 0. The molecule has 0 aliphatic heterocycles. The Morgan fingerprint density at radius 2 is 1.37 bits per heavy atom. The van der Waals surface area contributed by atoms with E-state index in [0.717, 1.165) is 16.5 Å². The molecule has 102 valence electrons. The molecule has 2 heteroatoms. The average molecular weight is 257 g/mol. The summed E-state index contributed by atoms with van der Waals surface area (Å²) in [7, 11) is 0. The monoisotopic (exact) mass is 257 g/mol. The largest absolute Gasteiger partial charge is 0.322 e. The summed E-state index contributed by atoms with van der Waals surface area (Å²) in [6.45, 7) is 12.8. The van der Waals surface area contributed by atoms with Crippen molar-refractivity contribution in [2.75, 3.05) is 0 Å². The second-order valence-corrected chi connectivity index (χ2v) is 7.25. The molecule has 0 aliphatic carbocycles. The number of nitrogens with one attached hydrogen (secondary N) is 1. The van der Waals surface area contributed by atoms with E-state index >= 15 is 0 Å². The van der Waals surface area contributed by atoms with Gasteiger partial charge in [-0.1, -0.05) is 59.7 Å². The van der Waals surface area contributed by atoms with Crippen molar-refractivity contribution in [1.82, 2.24) is 4.98 Å². The number of rotatable bonds is 0. The zero-order valence-electron chi connectivity index (χ0n) is 12.7. The summed E-state index contributed by atoms with van der Waals surface area (Å²) in [6, 6.07) is 8.06. The number of hydrogen-bond donors (Lipinski definition) is 1. The maximum Gasteiger partial charge on any atom is 0.252 e. The number of hydrogen-bond acceptors (Lipinski definition) is 1. The fourth-order valence-corrected chi connectivity index (χ4v) is 2.74. The van der Waals surface area contributed by atoms with E-state index in [1.165, 1.54) is 5.56 Å². The lowest BCUT2D eigenvalue weighted by atomic mass is 9.74. The molecular weight excluding hydrogens is 234 g/mol. The molecule has 2 rings (SSSR count). The highest BCUT2D eigenvalue weighted by molar-refractivity contribution is 5.84. The Labute approximate surface area is 114 Å². The molecule has 1 aromatic heterocycles. The van der Waals surface area contributed by atoms with Gasteiger partial charge in [0.15, 0.2) is 0 Å². The summed E-state index contributed by atoms with van der Waals surface area (Å²) in [5.41, 5.74) is 2.80. The van der Waals surface area contributed by atoms with Crippen LogP contribution in [-0.2, 0) is 10.8 Å². The number of pyridine rings is 1. The van der Waals surface area contributed by atoms with Crippen molar-refractivity contribution in [2.24, 2.45) is 0 Å².